The van der Waals surface area contributed by atoms with Crippen molar-refractivity contribution in [1.29, 1.82) is 0 Å². The summed E-state index contributed by atoms with van der Waals surface area (Å²) in [6.07, 6.45) is 5.32. The van der Waals surface area contributed by atoms with E-state index in [1.54, 1.807) is 6.20 Å². The van der Waals surface area contributed by atoms with Gasteiger partial charge in [-0.1, -0.05) is 54.6 Å². The van der Waals surface area contributed by atoms with Crippen LogP contribution in [0.15, 0.2) is 66.9 Å². The van der Waals surface area contributed by atoms with Crippen molar-refractivity contribution in [1.82, 2.24) is 20.3 Å². The van der Waals surface area contributed by atoms with E-state index in [9.17, 15) is 4.79 Å². The summed E-state index contributed by atoms with van der Waals surface area (Å²) in [6, 6.07) is 21.1. The molecule has 1 aliphatic rings. The Morgan fingerprint density at radius 1 is 1.00 bits per heavy atom. The number of hydrogen-bond acceptors (Lipinski definition) is 5. The molecule has 7 nitrogen and oxygen atoms in total. The Hall–Kier alpha value is -3.84. The van der Waals surface area contributed by atoms with E-state index in [1.165, 1.54) is 18.9 Å². The zero-order valence-electron chi connectivity index (χ0n) is 19.3. The lowest BCUT2D eigenvalue weighted by atomic mass is 9.72. The first-order chi connectivity index (χ1) is 16.5. The van der Waals surface area contributed by atoms with Crippen LogP contribution >= 0.6 is 0 Å². The van der Waals surface area contributed by atoms with E-state index in [0.717, 1.165) is 40.6 Å². The minimum absolute atomic E-state index is 0.0582. The molecule has 1 fully saturated rings. The first-order valence-corrected chi connectivity index (χ1v) is 11.7. The molecule has 0 atom stereocenters. The van der Waals surface area contributed by atoms with E-state index in [-0.39, 0.29) is 11.4 Å². The van der Waals surface area contributed by atoms with Crippen molar-refractivity contribution in [2.24, 2.45) is 0 Å². The van der Waals surface area contributed by atoms with Crippen LogP contribution in [0, 0.1) is 0 Å². The summed E-state index contributed by atoms with van der Waals surface area (Å²) in [6.45, 7) is 2.54. The monoisotopic (exact) mass is 453 g/mol. The number of pyridine rings is 1. The fourth-order valence-electron chi connectivity index (χ4n) is 4.39. The van der Waals surface area contributed by atoms with E-state index in [0.29, 0.717) is 24.7 Å². The van der Waals surface area contributed by atoms with E-state index in [1.807, 2.05) is 18.2 Å². The van der Waals surface area contributed by atoms with E-state index < -0.39 is 0 Å². The van der Waals surface area contributed by atoms with Gasteiger partial charge in [-0.2, -0.15) is 4.98 Å². The molecule has 2 aromatic heterocycles. The van der Waals surface area contributed by atoms with Gasteiger partial charge < -0.3 is 16.4 Å². The van der Waals surface area contributed by atoms with Crippen molar-refractivity contribution in [3.63, 3.8) is 0 Å². The minimum atomic E-state index is -0.0610. The van der Waals surface area contributed by atoms with Crippen LogP contribution in [-0.2, 0) is 10.3 Å². The number of amides is 1. The van der Waals surface area contributed by atoms with E-state index in [2.05, 4.69) is 68.8 Å². The number of rotatable bonds is 7. The van der Waals surface area contributed by atoms with Crippen molar-refractivity contribution >= 4 is 22.9 Å². The van der Waals surface area contributed by atoms with Crippen LogP contribution in [0.1, 0.15) is 31.7 Å². The fourth-order valence-corrected chi connectivity index (χ4v) is 4.39. The number of carbonyl (C=O) groups excluding carboxylic acids is 1. The number of fused-ring (bicyclic) bond motifs is 1. The Kier molecular flexibility index (Phi) is 5.94. The normalized spacial score (nSPS) is 14.4. The number of aromatic nitrogens is 3. The lowest BCUT2D eigenvalue weighted by Crippen LogP contribution is -2.73. The van der Waals surface area contributed by atoms with Crippen molar-refractivity contribution in [2.75, 3.05) is 18.4 Å². The van der Waals surface area contributed by atoms with Crippen molar-refractivity contribution in [3.8, 4) is 22.4 Å². The number of quaternary nitrogens is 1. The average molecular weight is 454 g/mol. The summed E-state index contributed by atoms with van der Waals surface area (Å²) in [5.74, 6) is 0.428. The molecule has 0 spiro atoms. The summed E-state index contributed by atoms with van der Waals surface area (Å²) in [5, 5.41) is 6.78. The molecule has 1 aliphatic carbocycles. The Balaban J connectivity index is 1.52. The molecule has 0 radical (unpaired) electrons. The molecule has 0 saturated heterocycles. The quantitative estimate of drug-likeness (QED) is 0.371. The van der Waals surface area contributed by atoms with Gasteiger partial charge in [0.15, 0.2) is 5.65 Å². The second-order valence-corrected chi connectivity index (χ2v) is 8.98. The second-order valence-electron chi connectivity index (χ2n) is 8.98. The Morgan fingerprint density at radius 2 is 1.76 bits per heavy atom. The van der Waals surface area contributed by atoms with Gasteiger partial charge in [0.1, 0.15) is 5.54 Å². The number of carbonyl (C=O) groups is 1. The standard InChI is InChI=1S/C27H28N6O/c1-18(34)29-14-15-30-26-31-17-21-16-23(19-6-3-2-4-7-19)24(32-25(21)33-26)20-8-10-22(11-9-20)27(28)12-5-13-27/h2-4,6-11,16-17H,5,12-15,28H2,1H3,(H,29,34)(H,30,31,32,33)/p+1. The highest BCUT2D eigenvalue weighted by molar-refractivity contribution is 5.90. The maximum atomic E-state index is 11.1. The third-order valence-corrected chi connectivity index (χ3v) is 6.52. The van der Waals surface area contributed by atoms with Crippen LogP contribution in [0.2, 0.25) is 0 Å². The highest BCUT2D eigenvalue weighted by Gasteiger charge is 2.38. The summed E-state index contributed by atoms with van der Waals surface area (Å²) in [4.78, 5) is 25.1. The first-order valence-electron chi connectivity index (χ1n) is 11.7. The summed E-state index contributed by atoms with van der Waals surface area (Å²) in [5.41, 5.74) is 10.5. The van der Waals surface area contributed by atoms with Crippen LogP contribution in [0.3, 0.4) is 0 Å². The molecule has 2 aromatic carbocycles. The van der Waals surface area contributed by atoms with Gasteiger partial charge in [-0.3, -0.25) is 4.79 Å². The third kappa shape index (κ3) is 4.47. The number of benzene rings is 2. The highest BCUT2D eigenvalue weighted by atomic mass is 16.1. The summed E-state index contributed by atoms with van der Waals surface area (Å²) < 4.78 is 0. The molecular formula is C27H29N6O+. The maximum Gasteiger partial charge on any atom is 0.224 e. The topological polar surface area (TPSA) is 107 Å². The molecule has 5 rings (SSSR count). The molecule has 172 valence electrons. The molecule has 5 N–H and O–H groups in total. The smallest absolute Gasteiger partial charge is 0.224 e. The van der Waals surface area contributed by atoms with E-state index >= 15 is 0 Å². The van der Waals surface area contributed by atoms with Crippen molar-refractivity contribution < 1.29 is 10.5 Å². The predicted octanol–water partition coefficient (Wildman–Crippen LogP) is 3.53. The van der Waals surface area contributed by atoms with E-state index in [4.69, 9.17) is 4.98 Å². The van der Waals surface area contributed by atoms with Crippen molar-refractivity contribution in [3.05, 3.63) is 72.4 Å². The number of nitrogens with zero attached hydrogens (tertiary/aromatic N) is 3. The van der Waals surface area contributed by atoms with Gasteiger partial charge in [-0.15, -0.1) is 0 Å². The highest BCUT2D eigenvalue weighted by Crippen LogP contribution is 2.38. The van der Waals surface area contributed by atoms with Gasteiger partial charge >= 0.3 is 0 Å². The molecule has 34 heavy (non-hydrogen) atoms. The SMILES string of the molecule is CC(=O)NCCNc1ncc2cc(-c3ccccc3)c(-c3ccc(C4([NH3+])CCC4)cc3)nc2n1. The number of anilines is 1. The molecule has 1 saturated carbocycles. The Morgan fingerprint density at radius 3 is 2.44 bits per heavy atom. The zero-order chi connectivity index (χ0) is 23.5. The van der Waals surface area contributed by atoms with Crippen LogP contribution in [0.25, 0.3) is 33.4 Å². The van der Waals surface area contributed by atoms with Gasteiger partial charge in [0.25, 0.3) is 0 Å². The molecular weight excluding hydrogens is 424 g/mol. The first kappa shape index (κ1) is 22.0. The fraction of sp³-hybridized carbons (Fsp3) is 0.259. The van der Waals surface area contributed by atoms with Gasteiger partial charge in [0, 0.05) is 61.1 Å². The zero-order valence-corrected chi connectivity index (χ0v) is 19.3. The van der Waals surface area contributed by atoms with Crippen molar-refractivity contribution in [2.45, 2.75) is 31.7 Å². The summed E-state index contributed by atoms with van der Waals surface area (Å²) >= 11 is 0. The molecule has 7 heteroatoms. The molecule has 0 aliphatic heterocycles. The third-order valence-electron chi connectivity index (χ3n) is 6.52. The maximum absolute atomic E-state index is 11.1. The number of hydrogen-bond donors (Lipinski definition) is 3. The van der Waals surface area contributed by atoms with Crippen LogP contribution in [0.5, 0.6) is 0 Å². The molecule has 0 bridgehead atoms. The summed E-state index contributed by atoms with van der Waals surface area (Å²) in [7, 11) is 0. The second kappa shape index (κ2) is 9.19. The average Bonchev–Trinajstić information content (AvgIpc) is 2.85. The molecule has 1 amide bonds. The van der Waals surface area contributed by atoms with Gasteiger partial charge in [-0.25, -0.2) is 9.97 Å². The van der Waals surface area contributed by atoms with Gasteiger partial charge in [0.2, 0.25) is 11.9 Å². The van der Waals surface area contributed by atoms with Crippen LogP contribution < -0.4 is 16.4 Å². The lowest BCUT2D eigenvalue weighted by Gasteiger charge is -2.34. The van der Waals surface area contributed by atoms with Crippen LogP contribution in [0.4, 0.5) is 5.95 Å². The Bertz CT molecular complexity index is 1320. The lowest BCUT2D eigenvalue weighted by molar-refractivity contribution is -0.509. The molecule has 2 heterocycles. The van der Waals surface area contributed by atoms with Gasteiger partial charge in [0.05, 0.1) is 5.69 Å². The Labute approximate surface area is 198 Å². The molecule has 0 unspecified atom stereocenters. The number of nitrogens with one attached hydrogen (secondary N) is 2. The molecule has 4 aromatic rings. The predicted molar refractivity (Wildman–Crippen MR) is 134 cm³/mol. The van der Waals surface area contributed by atoms with Gasteiger partial charge in [-0.05, 0) is 18.1 Å². The minimum Gasteiger partial charge on any atom is -0.355 e. The largest absolute Gasteiger partial charge is 0.355 e. The van der Waals surface area contributed by atoms with Crippen LogP contribution in [-0.4, -0.2) is 33.9 Å².